The van der Waals surface area contributed by atoms with Gasteiger partial charge in [0.25, 0.3) is 0 Å². The summed E-state index contributed by atoms with van der Waals surface area (Å²) in [6, 6.07) is 19.9. The molecule has 2 aromatic carbocycles. The van der Waals surface area contributed by atoms with E-state index in [0.717, 1.165) is 5.75 Å². The molecule has 1 nitrogen and oxygen atoms in total. The molecule has 0 heterocycles. The van der Waals surface area contributed by atoms with Crippen LogP contribution in [0.2, 0.25) is 0 Å². The van der Waals surface area contributed by atoms with E-state index in [2.05, 4.69) is 73.8 Å². The molecule has 106 valence electrons. The molecule has 0 saturated heterocycles. The average molecular weight is 285 g/mol. The molecule has 2 rings (SSSR count). The number of hydrogen-bond donors (Lipinski definition) is 1. The minimum atomic E-state index is 0.393. The van der Waals surface area contributed by atoms with Crippen LogP contribution in [-0.2, 0) is 5.75 Å². The highest BCUT2D eigenvalue weighted by Gasteiger charge is 2.17. The Morgan fingerprint density at radius 1 is 1.00 bits per heavy atom. The quantitative estimate of drug-likeness (QED) is 0.834. The highest BCUT2D eigenvalue weighted by atomic mass is 32.2. The molecule has 2 unspecified atom stereocenters. The lowest BCUT2D eigenvalue weighted by Gasteiger charge is -2.24. The van der Waals surface area contributed by atoms with E-state index < -0.39 is 0 Å². The summed E-state index contributed by atoms with van der Waals surface area (Å²) in [5.74, 6) is 1.06. The van der Waals surface area contributed by atoms with Gasteiger partial charge in [-0.25, -0.2) is 0 Å². The van der Waals surface area contributed by atoms with E-state index in [1.807, 2.05) is 18.8 Å². The summed E-state index contributed by atoms with van der Waals surface area (Å²) in [5, 5.41) is 3.98. The Hall–Kier alpha value is -1.25. The molecule has 0 aliphatic carbocycles. The van der Waals surface area contributed by atoms with Crippen molar-refractivity contribution < 1.29 is 0 Å². The van der Waals surface area contributed by atoms with Gasteiger partial charge in [-0.15, -0.1) is 0 Å². The molecule has 0 bridgehead atoms. The van der Waals surface area contributed by atoms with Gasteiger partial charge in [0.2, 0.25) is 0 Å². The maximum atomic E-state index is 3.45. The van der Waals surface area contributed by atoms with Crippen LogP contribution in [0.5, 0.6) is 0 Å². The largest absolute Gasteiger partial charge is 0.312 e. The van der Waals surface area contributed by atoms with Gasteiger partial charge in [-0.1, -0.05) is 67.1 Å². The summed E-state index contributed by atoms with van der Waals surface area (Å²) in [5.41, 5.74) is 4.07. The van der Waals surface area contributed by atoms with Crippen LogP contribution >= 0.6 is 11.8 Å². The van der Waals surface area contributed by atoms with Crippen molar-refractivity contribution in [2.45, 2.75) is 30.9 Å². The molecule has 2 atom stereocenters. The molecule has 0 aliphatic rings. The first-order valence-corrected chi connectivity index (χ1v) is 8.15. The van der Waals surface area contributed by atoms with Crippen molar-refractivity contribution in [1.82, 2.24) is 5.32 Å². The van der Waals surface area contributed by atoms with E-state index in [9.17, 15) is 0 Å². The summed E-state index contributed by atoms with van der Waals surface area (Å²) in [6.07, 6.45) is 0. The fourth-order valence-corrected chi connectivity index (χ4v) is 3.48. The first kappa shape index (κ1) is 15.1. The molecular formula is C18H23NS. The lowest BCUT2D eigenvalue weighted by molar-refractivity contribution is 0.589. The average Bonchev–Trinajstić information content (AvgIpc) is 2.49. The molecule has 20 heavy (non-hydrogen) atoms. The number of rotatable bonds is 6. The molecule has 0 aliphatic heterocycles. The van der Waals surface area contributed by atoms with Gasteiger partial charge in [0, 0.05) is 17.0 Å². The van der Waals surface area contributed by atoms with Crippen molar-refractivity contribution >= 4 is 11.8 Å². The normalized spacial score (nSPS) is 13.9. The van der Waals surface area contributed by atoms with E-state index in [1.165, 1.54) is 16.7 Å². The van der Waals surface area contributed by atoms with Crippen molar-refractivity contribution in [2.75, 3.05) is 7.05 Å². The zero-order valence-electron chi connectivity index (χ0n) is 12.5. The van der Waals surface area contributed by atoms with Crippen LogP contribution in [0, 0.1) is 6.92 Å². The monoisotopic (exact) mass is 285 g/mol. The number of benzene rings is 2. The molecule has 0 amide bonds. The van der Waals surface area contributed by atoms with Gasteiger partial charge in [-0.2, -0.15) is 11.8 Å². The van der Waals surface area contributed by atoms with E-state index in [4.69, 9.17) is 0 Å². The SMILES string of the molecule is CNC(c1ccc(C)cc1)C(C)SCc1ccccc1. The van der Waals surface area contributed by atoms with Crippen LogP contribution in [0.3, 0.4) is 0 Å². The summed E-state index contributed by atoms with van der Waals surface area (Å²) in [4.78, 5) is 0. The van der Waals surface area contributed by atoms with Gasteiger partial charge in [0.15, 0.2) is 0 Å². The Balaban J connectivity index is 1.98. The second-order valence-electron chi connectivity index (χ2n) is 5.18. The van der Waals surface area contributed by atoms with Gasteiger partial charge in [-0.3, -0.25) is 0 Å². The van der Waals surface area contributed by atoms with E-state index >= 15 is 0 Å². The fourth-order valence-electron chi connectivity index (χ4n) is 2.34. The lowest BCUT2D eigenvalue weighted by atomic mass is 10.0. The van der Waals surface area contributed by atoms with Crippen molar-refractivity contribution in [2.24, 2.45) is 0 Å². The highest BCUT2D eigenvalue weighted by molar-refractivity contribution is 7.99. The summed E-state index contributed by atoms with van der Waals surface area (Å²) in [6.45, 7) is 4.43. The lowest BCUT2D eigenvalue weighted by Crippen LogP contribution is -2.25. The molecule has 2 aromatic rings. The van der Waals surface area contributed by atoms with Crippen molar-refractivity contribution in [3.8, 4) is 0 Å². The van der Waals surface area contributed by atoms with Crippen molar-refractivity contribution in [3.63, 3.8) is 0 Å². The van der Waals surface area contributed by atoms with Gasteiger partial charge >= 0.3 is 0 Å². The second-order valence-corrected chi connectivity index (χ2v) is 6.54. The second kappa shape index (κ2) is 7.51. The summed E-state index contributed by atoms with van der Waals surface area (Å²) >= 11 is 2.00. The predicted octanol–water partition coefficient (Wildman–Crippen LogP) is 4.58. The summed E-state index contributed by atoms with van der Waals surface area (Å²) in [7, 11) is 2.05. The Bertz CT molecular complexity index is 507. The first-order chi connectivity index (χ1) is 9.70. The zero-order chi connectivity index (χ0) is 14.4. The standard InChI is InChI=1S/C18H23NS/c1-14-9-11-17(12-10-14)18(19-3)15(2)20-13-16-7-5-4-6-8-16/h4-12,15,18-19H,13H2,1-3H3. The Morgan fingerprint density at radius 3 is 2.25 bits per heavy atom. The maximum absolute atomic E-state index is 3.45. The van der Waals surface area contributed by atoms with Gasteiger partial charge in [-0.05, 0) is 25.1 Å². The van der Waals surface area contributed by atoms with Crippen LogP contribution in [0.25, 0.3) is 0 Å². The Labute approximate surface area is 126 Å². The van der Waals surface area contributed by atoms with Crippen molar-refractivity contribution in [3.05, 3.63) is 71.3 Å². The molecule has 0 spiro atoms. The van der Waals surface area contributed by atoms with Crippen LogP contribution in [0.4, 0.5) is 0 Å². The molecule has 0 aromatic heterocycles. The molecule has 0 fully saturated rings. The van der Waals surface area contributed by atoms with Gasteiger partial charge < -0.3 is 5.32 Å². The predicted molar refractivity (Wildman–Crippen MR) is 90.2 cm³/mol. The highest BCUT2D eigenvalue weighted by Crippen LogP contribution is 2.28. The van der Waals surface area contributed by atoms with E-state index in [0.29, 0.717) is 11.3 Å². The number of thioether (sulfide) groups is 1. The molecular weight excluding hydrogens is 262 g/mol. The Morgan fingerprint density at radius 2 is 1.65 bits per heavy atom. The zero-order valence-corrected chi connectivity index (χ0v) is 13.3. The van der Waals surface area contributed by atoms with Crippen LogP contribution < -0.4 is 5.32 Å². The van der Waals surface area contributed by atoms with Crippen molar-refractivity contribution in [1.29, 1.82) is 0 Å². The first-order valence-electron chi connectivity index (χ1n) is 7.10. The topological polar surface area (TPSA) is 12.0 Å². The molecule has 0 saturated carbocycles. The third-order valence-electron chi connectivity index (χ3n) is 3.57. The molecule has 2 heteroatoms. The summed E-state index contributed by atoms with van der Waals surface area (Å²) < 4.78 is 0. The van der Waals surface area contributed by atoms with Crippen LogP contribution in [-0.4, -0.2) is 12.3 Å². The minimum absolute atomic E-state index is 0.393. The number of hydrogen-bond acceptors (Lipinski definition) is 2. The number of aryl methyl sites for hydroxylation is 1. The maximum Gasteiger partial charge on any atom is 0.0435 e. The van der Waals surface area contributed by atoms with E-state index in [1.54, 1.807) is 0 Å². The van der Waals surface area contributed by atoms with E-state index in [-0.39, 0.29) is 0 Å². The third-order valence-corrected chi connectivity index (χ3v) is 4.87. The van der Waals surface area contributed by atoms with Gasteiger partial charge in [0.1, 0.15) is 0 Å². The van der Waals surface area contributed by atoms with Gasteiger partial charge in [0.05, 0.1) is 0 Å². The number of nitrogens with one attached hydrogen (secondary N) is 1. The Kier molecular flexibility index (Phi) is 5.69. The third kappa shape index (κ3) is 4.12. The smallest absolute Gasteiger partial charge is 0.0435 e. The van der Waals surface area contributed by atoms with Crippen LogP contribution in [0.15, 0.2) is 54.6 Å². The van der Waals surface area contributed by atoms with Crippen LogP contribution in [0.1, 0.15) is 29.7 Å². The molecule has 0 radical (unpaired) electrons. The minimum Gasteiger partial charge on any atom is -0.312 e. The molecule has 1 N–H and O–H groups in total. The fraction of sp³-hybridized carbons (Fsp3) is 0.333.